The van der Waals surface area contributed by atoms with Crippen molar-refractivity contribution in [2.45, 2.75) is 13.0 Å². The average Bonchev–Trinajstić information content (AvgIpc) is 3.10. The molecule has 1 saturated heterocycles. The maximum atomic E-state index is 13.3. The Kier molecular flexibility index (Phi) is 7.26. The fraction of sp³-hybridized carbons (Fsp3) is 0.154. The van der Waals surface area contributed by atoms with Gasteiger partial charge in [-0.25, -0.2) is 0 Å². The van der Waals surface area contributed by atoms with E-state index < -0.39 is 23.5 Å². The molecule has 1 aliphatic heterocycles. The van der Waals surface area contributed by atoms with Crippen molar-refractivity contribution in [1.29, 1.82) is 0 Å². The SMILES string of the molecule is CCOc1ccc(N2C(=O)C(=O)/C(=C(/O)c3cc(Cl)cc(Cl)c3OC)C2c2ccc(Cl)cc2)cc1. The van der Waals surface area contributed by atoms with Gasteiger partial charge in [-0.05, 0) is 61.0 Å². The van der Waals surface area contributed by atoms with Crippen molar-refractivity contribution >= 4 is 57.9 Å². The molecule has 1 N–H and O–H groups in total. The maximum Gasteiger partial charge on any atom is 0.300 e. The molecule has 1 aliphatic rings. The van der Waals surface area contributed by atoms with Gasteiger partial charge < -0.3 is 14.6 Å². The number of Topliss-reactive ketones (excluding diaryl/α,β-unsaturated/α-hetero) is 1. The van der Waals surface area contributed by atoms with Crippen LogP contribution in [-0.2, 0) is 9.59 Å². The van der Waals surface area contributed by atoms with Gasteiger partial charge in [0.05, 0.1) is 35.9 Å². The number of benzene rings is 3. The lowest BCUT2D eigenvalue weighted by Gasteiger charge is -2.26. The van der Waals surface area contributed by atoms with Crippen LogP contribution in [0.1, 0.15) is 24.1 Å². The molecule has 180 valence electrons. The fourth-order valence-corrected chi connectivity index (χ4v) is 4.71. The zero-order valence-corrected chi connectivity index (χ0v) is 21.0. The van der Waals surface area contributed by atoms with Crippen molar-refractivity contribution in [3.8, 4) is 11.5 Å². The van der Waals surface area contributed by atoms with E-state index in [1.807, 2.05) is 6.92 Å². The average molecular weight is 533 g/mol. The lowest BCUT2D eigenvalue weighted by molar-refractivity contribution is -0.132. The predicted molar refractivity (Wildman–Crippen MR) is 137 cm³/mol. The van der Waals surface area contributed by atoms with Gasteiger partial charge in [0.1, 0.15) is 17.3 Å². The van der Waals surface area contributed by atoms with Gasteiger partial charge >= 0.3 is 0 Å². The standard InChI is InChI=1S/C26H20Cl3NO5/c1-3-35-18-10-8-17(9-11-18)30-22(14-4-6-15(27)7-5-14)21(24(32)26(30)33)23(31)19-12-16(28)13-20(29)25(19)34-2/h4-13,22,31H,3H2,1-2H3/b23-21+. The zero-order chi connectivity index (χ0) is 25.3. The topological polar surface area (TPSA) is 76.1 Å². The number of nitrogens with zero attached hydrogens (tertiary/aromatic N) is 1. The lowest BCUT2D eigenvalue weighted by Crippen LogP contribution is -2.29. The highest BCUT2D eigenvalue weighted by Crippen LogP contribution is 2.45. The van der Waals surface area contributed by atoms with Crippen LogP contribution in [0.15, 0.2) is 66.2 Å². The van der Waals surface area contributed by atoms with Crippen molar-refractivity contribution in [3.05, 3.63) is 92.4 Å². The summed E-state index contributed by atoms with van der Waals surface area (Å²) in [7, 11) is 1.38. The van der Waals surface area contributed by atoms with E-state index >= 15 is 0 Å². The second kappa shape index (κ2) is 10.2. The lowest BCUT2D eigenvalue weighted by atomic mass is 9.95. The van der Waals surface area contributed by atoms with E-state index in [0.29, 0.717) is 28.6 Å². The summed E-state index contributed by atoms with van der Waals surface area (Å²) in [6.07, 6.45) is 0. The molecule has 0 bridgehead atoms. The van der Waals surface area contributed by atoms with Crippen LogP contribution in [0.3, 0.4) is 0 Å². The minimum absolute atomic E-state index is 0.0913. The highest BCUT2D eigenvalue weighted by Gasteiger charge is 2.47. The van der Waals surface area contributed by atoms with Crippen LogP contribution in [0.4, 0.5) is 5.69 Å². The fourth-order valence-electron chi connectivity index (χ4n) is 4.02. The van der Waals surface area contributed by atoms with Crippen LogP contribution >= 0.6 is 34.8 Å². The molecule has 0 spiro atoms. The van der Waals surface area contributed by atoms with Crippen LogP contribution in [0.5, 0.6) is 11.5 Å². The number of halogens is 3. The molecule has 1 atom stereocenters. The summed E-state index contributed by atoms with van der Waals surface area (Å²) >= 11 is 18.5. The van der Waals surface area contributed by atoms with Gasteiger partial charge in [0.15, 0.2) is 0 Å². The van der Waals surface area contributed by atoms with Crippen molar-refractivity contribution in [1.82, 2.24) is 0 Å². The van der Waals surface area contributed by atoms with Gasteiger partial charge in [-0.3, -0.25) is 14.5 Å². The molecule has 0 saturated carbocycles. The van der Waals surface area contributed by atoms with Gasteiger partial charge in [0.25, 0.3) is 11.7 Å². The predicted octanol–water partition coefficient (Wildman–Crippen LogP) is 6.68. The highest BCUT2D eigenvalue weighted by atomic mass is 35.5. The summed E-state index contributed by atoms with van der Waals surface area (Å²) in [6, 6.07) is 15.4. The Morgan fingerprint density at radius 3 is 2.23 bits per heavy atom. The molecule has 3 aromatic rings. The number of anilines is 1. The van der Waals surface area contributed by atoms with Crippen LogP contribution in [0, 0.1) is 0 Å². The molecule has 1 fully saturated rings. The molecule has 1 unspecified atom stereocenters. The summed E-state index contributed by atoms with van der Waals surface area (Å²) < 4.78 is 10.8. The molecule has 9 heteroatoms. The zero-order valence-electron chi connectivity index (χ0n) is 18.7. The first-order valence-corrected chi connectivity index (χ1v) is 11.7. The molecule has 4 rings (SSSR count). The number of ether oxygens (including phenoxy) is 2. The van der Waals surface area contributed by atoms with Crippen LogP contribution in [0.25, 0.3) is 5.76 Å². The Morgan fingerprint density at radius 1 is 0.971 bits per heavy atom. The first-order valence-electron chi connectivity index (χ1n) is 10.6. The van der Waals surface area contributed by atoms with Crippen molar-refractivity contribution in [3.63, 3.8) is 0 Å². The summed E-state index contributed by atoms with van der Waals surface area (Å²) in [4.78, 5) is 27.9. The van der Waals surface area contributed by atoms with Gasteiger partial charge in [0.2, 0.25) is 0 Å². The third-order valence-corrected chi connectivity index (χ3v) is 6.27. The summed E-state index contributed by atoms with van der Waals surface area (Å²) in [5, 5.41) is 12.2. The van der Waals surface area contributed by atoms with Crippen molar-refractivity contribution < 1.29 is 24.2 Å². The van der Waals surface area contributed by atoms with Crippen LogP contribution < -0.4 is 14.4 Å². The quantitative estimate of drug-likeness (QED) is 0.218. The van der Waals surface area contributed by atoms with E-state index in [-0.39, 0.29) is 26.9 Å². The van der Waals surface area contributed by atoms with E-state index in [0.717, 1.165) is 0 Å². The summed E-state index contributed by atoms with van der Waals surface area (Å²) in [5.41, 5.74) is 0.971. The molecular weight excluding hydrogens is 513 g/mol. The van der Waals surface area contributed by atoms with Crippen LogP contribution in [0.2, 0.25) is 15.1 Å². The Hall–Kier alpha value is -3.19. The number of hydrogen-bond donors (Lipinski definition) is 1. The Labute approximate surface area is 217 Å². The second-order valence-corrected chi connectivity index (χ2v) is 8.90. The third kappa shape index (κ3) is 4.69. The molecule has 35 heavy (non-hydrogen) atoms. The molecule has 3 aromatic carbocycles. The van der Waals surface area contributed by atoms with E-state index in [1.165, 1.54) is 24.1 Å². The van der Waals surface area contributed by atoms with Gasteiger partial charge in [0, 0.05) is 15.7 Å². The molecule has 1 heterocycles. The van der Waals surface area contributed by atoms with Gasteiger partial charge in [-0.15, -0.1) is 0 Å². The second-order valence-electron chi connectivity index (χ2n) is 7.62. The Balaban J connectivity index is 1.95. The minimum atomic E-state index is -0.951. The minimum Gasteiger partial charge on any atom is -0.507 e. The number of hydrogen-bond acceptors (Lipinski definition) is 5. The van der Waals surface area contributed by atoms with E-state index in [2.05, 4.69) is 0 Å². The Bertz CT molecular complexity index is 1320. The number of ketones is 1. The normalized spacial score (nSPS) is 17.1. The van der Waals surface area contributed by atoms with Gasteiger partial charge in [-0.2, -0.15) is 0 Å². The summed E-state index contributed by atoms with van der Waals surface area (Å²) in [6.45, 7) is 2.35. The number of carbonyl (C=O) groups excluding carboxylic acids is 2. The van der Waals surface area contributed by atoms with Gasteiger partial charge in [-0.1, -0.05) is 46.9 Å². The number of methoxy groups -OCH3 is 1. The van der Waals surface area contributed by atoms with Crippen molar-refractivity contribution in [2.75, 3.05) is 18.6 Å². The Morgan fingerprint density at radius 2 is 1.63 bits per heavy atom. The number of aliphatic hydroxyl groups excluding tert-OH is 1. The molecule has 0 aliphatic carbocycles. The molecule has 0 aromatic heterocycles. The number of rotatable bonds is 6. The molecule has 6 nitrogen and oxygen atoms in total. The largest absolute Gasteiger partial charge is 0.507 e. The number of aliphatic hydroxyl groups is 1. The number of carbonyl (C=O) groups is 2. The van der Waals surface area contributed by atoms with E-state index in [1.54, 1.807) is 48.5 Å². The monoisotopic (exact) mass is 531 g/mol. The number of amides is 1. The van der Waals surface area contributed by atoms with Crippen LogP contribution in [-0.4, -0.2) is 30.5 Å². The van der Waals surface area contributed by atoms with E-state index in [4.69, 9.17) is 44.3 Å². The third-order valence-electron chi connectivity index (χ3n) is 5.52. The first-order chi connectivity index (χ1) is 16.8. The van der Waals surface area contributed by atoms with Crippen molar-refractivity contribution in [2.24, 2.45) is 0 Å². The molecule has 1 amide bonds. The highest BCUT2D eigenvalue weighted by molar-refractivity contribution is 6.52. The first kappa shape index (κ1) is 24.9. The maximum absolute atomic E-state index is 13.3. The molecular formula is C26H20Cl3NO5. The smallest absolute Gasteiger partial charge is 0.300 e. The van der Waals surface area contributed by atoms with E-state index in [9.17, 15) is 14.7 Å². The summed E-state index contributed by atoms with van der Waals surface area (Å²) in [5.74, 6) is -1.39. The molecule has 0 radical (unpaired) electrons.